The van der Waals surface area contributed by atoms with Crippen LogP contribution in [0.1, 0.15) is 10.4 Å². The van der Waals surface area contributed by atoms with Crippen LogP contribution in [0.2, 0.25) is 0 Å². The Hall–Kier alpha value is -2.69. The van der Waals surface area contributed by atoms with Gasteiger partial charge >= 0.3 is 5.97 Å². The lowest BCUT2D eigenvalue weighted by Gasteiger charge is -2.20. The number of amides is 1. The fourth-order valence-electron chi connectivity index (χ4n) is 1.77. The maximum absolute atomic E-state index is 12.9. The molecule has 2 rings (SSSR count). The summed E-state index contributed by atoms with van der Waals surface area (Å²) < 4.78 is 12.9. The number of hydrogen-bond acceptors (Lipinski definition) is 2. The smallest absolute Gasteiger partial charge is 0.323 e. The van der Waals surface area contributed by atoms with E-state index < -0.39 is 24.2 Å². The summed E-state index contributed by atoms with van der Waals surface area (Å²) in [5.74, 6) is -2.03. The van der Waals surface area contributed by atoms with Crippen molar-refractivity contribution in [1.82, 2.24) is 0 Å². The van der Waals surface area contributed by atoms with Crippen molar-refractivity contribution in [2.75, 3.05) is 11.4 Å². The zero-order valence-corrected chi connectivity index (χ0v) is 10.5. The number of anilines is 1. The van der Waals surface area contributed by atoms with Crippen molar-refractivity contribution in [2.45, 2.75) is 0 Å². The largest absolute Gasteiger partial charge is 0.480 e. The van der Waals surface area contributed by atoms with E-state index in [1.54, 1.807) is 30.3 Å². The average Bonchev–Trinajstić information content (AvgIpc) is 2.46. The molecule has 5 heteroatoms. The summed E-state index contributed by atoms with van der Waals surface area (Å²) in [6.07, 6.45) is 0. The number of carboxylic acids is 1. The first-order valence-corrected chi connectivity index (χ1v) is 5.92. The Morgan fingerprint density at radius 1 is 1.00 bits per heavy atom. The van der Waals surface area contributed by atoms with Gasteiger partial charge in [-0.25, -0.2) is 4.39 Å². The predicted octanol–water partition coefficient (Wildman–Crippen LogP) is 2.56. The third-order valence-corrected chi connectivity index (χ3v) is 2.70. The number of hydrogen-bond donors (Lipinski definition) is 1. The zero-order valence-electron chi connectivity index (χ0n) is 10.5. The average molecular weight is 273 g/mol. The van der Waals surface area contributed by atoms with Crippen molar-refractivity contribution in [3.63, 3.8) is 0 Å². The van der Waals surface area contributed by atoms with E-state index in [0.717, 1.165) is 4.90 Å². The Balaban J connectivity index is 2.35. The van der Waals surface area contributed by atoms with Gasteiger partial charge in [-0.05, 0) is 36.4 Å². The van der Waals surface area contributed by atoms with Gasteiger partial charge in [-0.2, -0.15) is 0 Å². The van der Waals surface area contributed by atoms with Crippen LogP contribution >= 0.6 is 0 Å². The highest BCUT2D eigenvalue weighted by molar-refractivity contribution is 6.08. The van der Waals surface area contributed by atoms with Crippen molar-refractivity contribution in [3.05, 3.63) is 66.0 Å². The first kappa shape index (κ1) is 13.7. The highest BCUT2D eigenvalue weighted by Crippen LogP contribution is 2.17. The van der Waals surface area contributed by atoms with Crippen LogP contribution < -0.4 is 4.90 Å². The van der Waals surface area contributed by atoms with Crippen LogP contribution in [0.15, 0.2) is 54.6 Å². The minimum absolute atomic E-state index is 0.336. The second-order valence-corrected chi connectivity index (χ2v) is 4.13. The van der Waals surface area contributed by atoms with E-state index in [1.165, 1.54) is 24.3 Å². The van der Waals surface area contributed by atoms with Crippen molar-refractivity contribution in [3.8, 4) is 0 Å². The van der Waals surface area contributed by atoms with Gasteiger partial charge in [-0.15, -0.1) is 0 Å². The number of carbonyl (C=O) groups excluding carboxylic acids is 1. The molecule has 0 saturated heterocycles. The molecule has 0 unspecified atom stereocenters. The Morgan fingerprint density at radius 2 is 1.60 bits per heavy atom. The van der Waals surface area contributed by atoms with Crippen LogP contribution in [0.3, 0.4) is 0 Å². The first-order chi connectivity index (χ1) is 9.58. The lowest BCUT2D eigenvalue weighted by Crippen LogP contribution is -2.35. The summed E-state index contributed by atoms with van der Waals surface area (Å²) in [6, 6.07) is 13.5. The fourth-order valence-corrected chi connectivity index (χ4v) is 1.77. The molecule has 4 nitrogen and oxygen atoms in total. The van der Waals surface area contributed by atoms with Gasteiger partial charge in [0.25, 0.3) is 5.91 Å². The number of halogens is 1. The number of aliphatic carboxylic acids is 1. The van der Waals surface area contributed by atoms with Gasteiger partial charge in [-0.1, -0.05) is 18.2 Å². The van der Waals surface area contributed by atoms with Crippen molar-refractivity contribution < 1.29 is 19.1 Å². The lowest BCUT2D eigenvalue weighted by molar-refractivity contribution is -0.135. The van der Waals surface area contributed by atoms with Crippen molar-refractivity contribution >= 4 is 17.6 Å². The van der Waals surface area contributed by atoms with E-state index in [2.05, 4.69) is 0 Å². The maximum atomic E-state index is 12.9. The van der Waals surface area contributed by atoms with E-state index in [-0.39, 0.29) is 0 Å². The van der Waals surface area contributed by atoms with Gasteiger partial charge in [0.1, 0.15) is 12.4 Å². The van der Waals surface area contributed by atoms with Crippen LogP contribution in [0.25, 0.3) is 0 Å². The molecule has 1 amide bonds. The molecule has 0 atom stereocenters. The minimum Gasteiger partial charge on any atom is -0.480 e. The van der Waals surface area contributed by atoms with Gasteiger partial charge in [0.2, 0.25) is 0 Å². The Morgan fingerprint density at radius 3 is 2.15 bits per heavy atom. The molecule has 0 spiro atoms. The van der Waals surface area contributed by atoms with Gasteiger partial charge in [0, 0.05) is 11.3 Å². The molecular weight excluding hydrogens is 261 g/mol. The molecule has 0 aliphatic heterocycles. The molecular formula is C15H12FNO3. The monoisotopic (exact) mass is 273 g/mol. The molecule has 102 valence electrons. The molecule has 0 fully saturated rings. The number of nitrogens with zero attached hydrogens (tertiary/aromatic N) is 1. The van der Waals surface area contributed by atoms with Crippen LogP contribution in [0, 0.1) is 5.82 Å². The van der Waals surface area contributed by atoms with E-state index >= 15 is 0 Å². The molecule has 0 bridgehead atoms. The lowest BCUT2D eigenvalue weighted by atomic mass is 10.2. The van der Waals surface area contributed by atoms with Gasteiger partial charge in [0.15, 0.2) is 0 Å². The highest BCUT2D eigenvalue weighted by atomic mass is 19.1. The predicted molar refractivity (Wildman–Crippen MR) is 72.2 cm³/mol. The SMILES string of the molecule is O=C(O)CN(C(=O)c1ccccc1)c1ccc(F)cc1. The zero-order chi connectivity index (χ0) is 14.5. The summed E-state index contributed by atoms with van der Waals surface area (Å²) in [4.78, 5) is 24.3. The Labute approximate surface area is 115 Å². The minimum atomic E-state index is -1.14. The second kappa shape index (κ2) is 5.97. The van der Waals surface area contributed by atoms with Crippen LogP contribution in [0.5, 0.6) is 0 Å². The van der Waals surface area contributed by atoms with Gasteiger partial charge in [-0.3, -0.25) is 14.5 Å². The summed E-state index contributed by atoms with van der Waals surface area (Å²) >= 11 is 0. The second-order valence-electron chi connectivity index (χ2n) is 4.13. The topological polar surface area (TPSA) is 57.6 Å². The molecule has 2 aromatic carbocycles. The van der Waals surface area contributed by atoms with Gasteiger partial charge in [0.05, 0.1) is 0 Å². The summed E-state index contributed by atoms with van der Waals surface area (Å²) in [7, 11) is 0. The molecule has 0 aliphatic rings. The number of benzene rings is 2. The standard InChI is InChI=1S/C15H12FNO3/c16-12-6-8-13(9-7-12)17(10-14(18)19)15(20)11-4-2-1-3-5-11/h1-9H,10H2,(H,18,19). The highest BCUT2D eigenvalue weighted by Gasteiger charge is 2.20. The molecule has 2 aromatic rings. The molecule has 0 saturated carbocycles. The molecule has 0 radical (unpaired) electrons. The normalized spacial score (nSPS) is 10.1. The molecule has 1 N–H and O–H groups in total. The van der Waals surface area contributed by atoms with E-state index in [1.807, 2.05) is 0 Å². The first-order valence-electron chi connectivity index (χ1n) is 5.92. The van der Waals surface area contributed by atoms with Crippen LogP contribution in [-0.4, -0.2) is 23.5 Å². The van der Waals surface area contributed by atoms with E-state index in [4.69, 9.17) is 5.11 Å². The van der Waals surface area contributed by atoms with Crippen LogP contribution in [0.4, 0.5) is 10.1 Å². The Bertz CT molecular complexity index is 611. The molecule has 0 aliphatic carbocycles. The van der Waals surface area contributed by atoms with E-state index in [0.29, 0.717) is 11.3 Å². The number of rotatable bonds is 4. The molecule has 0 aromatic heterocycles. The van der Waals surface area contributed by atoms with Crippen LogP contribution in [-0.2, 0) is 4.79 Å². The summed E-state index contributed by atoms with van der Waals surface area (Å²) in [5, 5.41) is 8.93. The van der Waals surface area contributed by atoms with Gasteiger partial charge < -0.3 is 5.11 Å². The van der Waals surface area contributed by atoms with E-state index in [9.17, 15) is 14.0 Å². The Kier molecular flexibility index (Phi) is 4.10. The maximum Gasteiger partial charge on any atom is 0.323 e. The fraction of sp³-hybridized carbons (Fsp3) is 0.0667. The third-order valence-electron chi connectivity index (χ3n) is 2.70. The summed E-state index contributed by atoms with van der Waals surface area (Å²) in [6.45, 7) is -0.487. The number of carboxylic acid groups (broad SMARTS) is 1. The molecule has 20 heavy (non-hydrogen) atoms. The van der Waals surface area contributed by atoms with Crippen molar-refractivity contribution in [2.24, 2.45) is 0 Å². The quantitative estimate of drug-likeness (QED) is 0.931. The molecule has 0 heterocycles. The number of carbonyl (C=O) groups is 2. The van der Waals surface area contributed by atoms with Crippen molar-refractivity contribution in [1.29, 1.82) is 0 Å². The summed E-state index contributed by atoms with van der Waals surface area (Å²) in [5.41, 5.74) is 0.709. The third kappa shape index (κ3) is 3.20.